The molecule has 0 saturated carbocycles. The zero-order chi connectivity index (χ0) is 22.2. The molecule has 0 bridgehead atoms. The van der Waals surface area contributed by atoms with E-state index in [0.29, 0.717) is 37.0 Å². The normalized spacial score (nSPS) is 17.3. The number of methoxy groups -OCH3 is 1. The third-order valence-electron chi connectivity index (χ3n) is 5.89. The lowest BCUT2D eigenvalue weighted by Gasteiger charge is -2.30. The molecule has 0 unspecified atom stereocenters. The van der Waals surface area contributed by atoms with E-state index in [-0.39, 0.29) is 11.2 Å². The number of fused-ring (bicyclic) bond motifs is 3. The Morgan fingerprint density at radius 1 is 1.19 bits per heavy atom. The lowest BCUT2D eigenvalue weighted by molar-refractivity contribution is 0.0822. The molecule has 2 aromatic rings. The molecule has 5 heteroatoms. The lowest BCUT2D eigenvalue weighted by Crippen LogP contribution is -2.33. The fraction of sp³-hybridized carbons (Fsp3) is 0.423. The van der Waals surface area contributed by atoms with Gasteiger partial charge >= 0.3 is 0 Å². The summed E-state index contributed by atoms with van der Waals surface area (Å²) in [6.07, 6.45) is 2.76. The highest BCUT2D eigenvalue weighted by Gasteiger charge is 2.35. The maximum Gasteiger partial charge on any atom is 0.232 e. The van der Waals surface area contributed by atoms with Gasteiger partial charge in [0.1, 0.15) is 18.2 Å². The molecule has 4 rings (SSSR count). The van der Waals surface area contributed by atoms with Crippen molar-refractivity contribution in [3.63, 3.8) is 0 Å². The van der Waals surface area contributed by atoms with E-state index in [9.17, 15) is 4.79 Å². The van der Waals surface area contributed by atoms with Gasteiger partial charge in [0.2, 0.25) is 5.78 Å². The minimum atomic E-state index is -0.0632. The van der Waals surface area contributed by atoms with E-state index in [2.05, 4.69) is 37.8 Å². The highest BCUT2D eigenvalue weighted by atomic mass is 16.5. The molecule has 5 nitrogen and oxygen atoms in total. The molecule has 0 saturated heterocycles. The summed E-state index contributed by atoms with van der Waals surface area (Å²) in [7, 11) is 1.71. The Kier molecular flexibility index (Phi) is 5.91. The van der Waals surface area contributed by atoms with Crippen molar-refractivity contribution in [3.05, 3.63) is 63.9 Å². The van der Waals surface area contributed by atoms with Gasteiger partial charge in [-0.1, -0.05) is 45.0 Å². The molecule has 0 atom stereocenters. The topological polar surface area (TPSA) is 48.0 Å². The van der Waals surface area contributed by atoms with Crippen molar-refractivity contribution in [1.29, 1.82) is 0 Å². The SMILES string of the molecule is COCCCN1COc2cc(C)c3c(c2C1)O/C(=C\c1ccc(C(C)(C)C)cc1)C3=O. The third-order valence-corrected chi connectivity index (χ3v) is 5.89. The van der Waals surface area contributed by atoms with Gasteiger partial charge in [0.15, 0.2) is 5.76 Å². The number of aryl methyl sites for hydroxylation is 1. The molecule has 164 valence electrons. The molecule has 0 amide bonds. The van der Waals surface area contributed by atoms with E-state index in [1.807, 2.05) is 31.2 Å². The molecule has 0 N–H and O–H groups in total. The van der Waals surface area contributed by atoms with Crippen molar-refractivity contribution in [2.75, 3.05) is 27.0 Å². The minimum Gasteiger partial charge on any atom is -0.478 e. The summed E-state index contributed by atoms with van der Waals surface area (Å²) in [6.45, 7) is 11.3. The van der Waals surface area contributed by atoms with Crippen LogP contribution in [0.3, 0.4) is 0 Å². The molecule has 2 aliphatic heterocycles. The number of carbonyl (C=O) groups is 1. The van der Waals surface area contributed by atoms with Crippen LogP contribution in [-0.2, 0) is 16.7 Å². The molecule has 2 heterocycles. The van der Waals surface area contributed by atoms with Gasteiger partial charge in [-0.25, -0.2) is 0 Å². The summed E-state index contributed by atoms with van der Waals surface area (Å²) in [5.74, 6) is 1.76. The Morgan fingerprint density at radius 2 is 1.94 bits per heavy atom. The second-order valence-electron chi connectivity index (χ2n) is 9.36. The van der Waals surface area contributed by atoms with Gasteiger partial charge in [-0.3, -0.25) is 9.69 Å². The molecular formula is C26H31NO4. The molecule has 0 aliphatic carbocycles. The van der Waals surface area contributed by atoms with E-state index in [0.717, 1.165) is 35.4 Å². The van der Waals surface area contributed by atoms with Crippen LogP contribution in [0.15, 0.2) is 36.1 Å². The fourth-order valence-corrected chi connectivity index (χ4v) is 4.08. The Labute approximate surface area is 184 Å². The average molecular weight is 422 g/mol. The van der Waals surface area contributed by atoms with E-state index in [4.69, 9.17) is 14.2 Å². The highest BCUT2D eigenvalue weighted by Crippen LogP contribution is 2.44. The molecular weight excluding hydrogens is 390 g/mol. The van der Waals surface area contributed by atoms with E-state index >= 15 is 0 Å². The molecule has 31 heavy (non-hydrogen) atoms. The largest absolute Gasteiger partial charge is 0.478 e. The monoisotopic (exact) mass is 421 g/mol. The van der Waals surface area contributed by atoms with Gasteiger partial charge in [-0.2, -0.15) is 0 Å². The number of allylic oxidation sites excluding steroid dienone is 1. The smallest absolute Gasteiger partial charge is 0.232 e. The van der Waals surface area contributed by atoms with E-state index in [1.54, 1.807) is 7.11 Å². The van der Waals surface area contributed by atoms with Crippen molar-refractivity contribution in [2.45, 2.75) is 46.1 Å². The second-order valence-corrected chi connectivity index (χ2v) is 9.36. The molecule has 2 aromatic carbocycles. The number of ketones is 1. The van der Waals surface area contributed by atoms with Crippen molar-refractivity contribution in [1.82, 2.24) is 4.90 Å². The highest BCUT2D eigenvalue weighted by molar-refractivity contribution is 6.15. The summed E-state index contributed by atoms with van der Waals surface area (Å²) < 4.78 is 17.3. The van der Waals surface area contributed by atoms with Gasteiger partial charge in [0.25, 0.3) is 0 Å². The first-order valence-corrected chi connectivity index (χ1v) is 10.8. The first-order valence-electron chi connectivity index (χ1n) is 10.8. The van der Waals surface area contributed by atoms with Crippen LogP contribution in [0.1, 0.15) is 59.8 Å². The Hall–Kier alpha value is -2.63. The number of hydrogen-bond donors (Lipinski definition) is 0. The summed E-state index contributed by atoms with van der Waals surface area (Å²) in [5, 5.41) is 0. The average Bonchev–Trinajstić information content (AvgIpc) is 3.05. The third kappa shape index (κ3) is 4.39. The Balaban J connectivity index is 1.61. The van der Waals surface area contributed by atoms with Crippen LogP contribution >= 0.6 is 0 Å². The van der Waals surface area contributed by atoms with Gasteiger partial charge in [-0.05, 0) is 47.6 Å². The van der Waals surface area contributed by atoms with Crippen LogP contribution < -0.4 is 9.47 Å². The van der Waals surface area contributed by atoms with Crippen molar-refractivity contribution >= 4 is 11.9 Å². The number of rotatable bonds is 5. The summed E-state index contributed by atoms with van der Waals surface area (Å²) in [4.78, 5) is 15.4. The van der Waals surface area contributed by atoms with Gasteiger partial charge < -0.3 is 14.2 Å². The molecule has 2 aliphatic rings. The van der Waals surface area contributed by atoms with Gasteiger partial charge in [-0.15, -0.1) is 0 Å². The summed E-state index contributed by atoms with van der Waals surface area (Å²) in [6, 6.07) is 10.3. The van der Waals surface area contributed by atoms with Gasteiger partial charge in [0.05, 0.1) is 11.1 Å². The van der Waals surface area contributed by atoms with Crippen LogP contribution in [0, 0.1) is 6.92 Å². The first-order chi connectivity index (χ1) is 14.8. The van der Waals surface area contributed by atoms with E-state index in [1.165, 1.54) is 5.56 Å². The van der Waals surface area contributed by atoms with Crippen molar-refractivity contribution in [2.24, 2.45) is 0 Å². The first kappa shape index (κ1) is 21.6. The Bertz CT molecular complexity index is 1020. The molecule has 0 spiro atoms. The molecule has 0 aromatic heterocycles. The van der Waals surface area contributed by atoms with Gasteiger partial charge in [0, 0.05) is 26.8 Å². The predicted octanol–water partition coefficient (Wildman–Crippen LogP) is 5.10. The summed E-state index contributed by atoms with van der Waals surface area (Å²) >= 11 is 0. The number of Topliss-reactive ketones (excluding diaryl/α,β-unsaturated/α-hetero) is 1. The van der Waals surface area contributed by atoms with Crippen LogP contribution in [0.25, 0.3) is 6.08 Å². The number of benzene rings is 2. The van der Waals surface area contributed by atoms with Crippen molar-refractivity contribution < 1.29 is 19.0 Å². The molecule has 0 fully saturated rings. The van der Waals surface area contributed by atoms with Crippen molar-refractivity contribution in [3.8, 4) is 11.5 Å². The standard InChI is InChI=1S/C26H31NO4/c1-17-13-21-20(15-27(16-30-21)11-6-12-29-5)25-23(17)24(28)22(31-25)14-18-7-9-19(10-8-18)26(2,3)4/h7-10,13-14H,6,11-12,15-16H2,1-5H3/b22-14-. The maximum atomic E-state index is 13.2. The zero-order valence-corrected chi connectivity index (χ0v) is 19.1. The number of ether oxygens (including phenoxy) is 3. The van der Waals surface area contributed by atoms with Crippen LogP contribution in [0.2, 0.25) is 0 Å². The maximum absolute atomic E-state index is 13.2. The second kappa shape index (κ2) is 8.48. The molecule has 0 radical (unpaired) electrons. The Morgan fingerprint density at radius 3 is 2.61 bits per heavy atom. The number of nitrogens with zero attached hydrogens (tertiary/aromatic N) is 1. The fourth-order valence-electron chi connectivity index (χ4n) is 4.08. The zero-order valence-electron chi connectivity index (χ0n) is 19.1. The van der Waals surface area contributed by atoms with Crippen LogP contribution in [0.4, 0.5) is 0 Å². The quantitative estimate of drug-likeness (QED) is 0.497. The number of carbonyl (C=O) groups excluding carboxylic acids is 1. The lowest BCUT2D eigenvalue weighted by atomic mass is 9.86. The summed E-state index contributed by atoms with van der Waals surface area (Å²) in [5.41, 5.74) is 4.79. The predicted molar refractivity (Wildman–Crippen MR) is 122 cm³/mol. The van der Waals surface area contributed by atoms with Crippen LogP contribution in [-0.4, -0.2) is 37.7 Å². The minimum absolute atomic E-state index is 0.0632. The van der Waals surface area contributed by atoms with E-state index < -0.39 is 0 Å². The number of hydrogen-bond acceptors (Lipinski definition) is 5. The van der Waals surface area contributed by atoms with Crippen LogP contribution in [0.5, 0.6) is 11.5 Å².